The zero-order valence-corrected chi connectivity index (χ0v) is 19.4. The number of halogens is 4. The van der Waals surface area contributed by atoms with Gasteiger partial charge >= 0.3 is 12.3 Å². The molecule has 6 nitrogen and oxygen atoms in total. The molecule has 0 aliphatic carbocycles. The number of hydrogen-bond donors (Lipinski definition) is 1. The standard InChI is InChI=1S/C24H22ClF3N2O4/c1-22(2,3)20-14-9-13(7-8-15(14)23(34-20)11-30(12-23)21(32)33)18(31)10-16(24(26,27)28)17-5-4-6-19(25)29-17/h4-10,20H,11-12H2,1-3H3,(H,32,33)/b16-10-. The number of pyridine rings is 1. The lowest BCUT2D eigenvalue weighted by Gasteiger charge is -2.47. The fraction of sp³-hybridized carbons (Fsp3) is 0.375. The summed E-state index contributed by atoms with van der Waals surface area (Å²) >= 11 is 5.75. The number of carbonyl (C=O) groups excluding carboxylic acids is 1. The van der Waals surface area contributed by atoms with Crippen LogP contribution in [0.4, 0.5) is 18.0 Å². The molecule has 34 heavy (non-hydrogen) atoms. The van der Waals surface area contributed by atoms with E-state index < -0.39 is 46.4 Å². The molecule has 0 bridgehead atoms. The summed E-state index contributed by atoms with van der Waals surface area (Å²) in [6, 6.07) is 8.44. The summed E-state index contributed by atoms with van der Waals surface area (Å²) in [5, 5.41) is 9.12. The second-order valence-corrected chi connectivity index (χ2v) is 9.95. The molecule has 2 aliphatic heterocycles. The normalized spacial score (nSPS) is 19.7. The Hall–Kier alpha value is -2.91. The van der Waals surface area contributed by atoms with E-state index in [4.69, 9.17) is 16.3 Å². The molecule has 3 heterocycles. The maximum atomic E-state index is 13.7. The quantitative estimate of drug-likeness (QED) is 0.328. The fourth-order valence-corrected chi connectivity index (χ4v) is 4.53. The van der Waals surface area contributed by atoms with E-state index in [-0.39, 0.29) is 23.8 Å². The van der Waals surface area contributed by atoms with Crippen LogP contribution in [0, 0.1) is 5.41 Å². The Kier molecular flexibility index (Phi) is 5.77. The Morgan fingerprint density at radius 2 is 1.88 bits per heavy atom. The van der Waals surface area contributed by atoms with Crippen molar-refractivity contribution in [3.05, 3.63) is 70.0 Å². The third kappa shape index (κ3) is 4.30. The Morgan fingerprint density at radius 3 is 2.44 bits per heavy atom. The Bertz CT molecular complexity index is 1200. The first kappa shape index (κ1) is 24.2. The van der Waals surface area contributed by atoms with Crippen molar-refractivity contribution in [2.75, 3.05) is 13.1 Å². The van der Waals surface area contributed by atoms with E-state index in [1.54, 1.807) is 12.1 Å². The highest BCUT2D eigenvalue weighted by atomic mass is 35.5. The third-order valence-corrected chi connectivity index (χ3v) is 6.18. The first-order chi connectivity index (χ1) is 15.7. The molecule has 4 rings (SSSR count). The lowest BCUT2D eigenvalue weighted by molar-refractivity contribution is -0.176. The van der Waals surface area contributed by atoms with Gasteiger partial charge in [-0.2, -0.15) is 13.2 Å². The van der Waals surface area contributed by atoms with E-state index in [1.165, 1.54) is 23.1 Å². The van der Waals surface area contributed by atoms with Crippen molar-refractivity contribution < 1.29 is 32.6 Å². The Morgan fingerprint density at radius 1 is 1.21 bits per heavy atom. The van der Waals surface area contributed by atoms with Gasteiger partial charge in [-0.15, -0.1) is 0 Å². The summed E-state index contributed by atoms with van der Waals surface area (Å²) in [5.41, 5.74) is -1.40. The second-order valence-electron chi connectivity index (χ2n) is 9.56. The van der Waals surface area contributed by atoms with Gasteiger partial charge in [0.1, 0.15) is 10.8 Å². The van der Waals surface area contributed by atoms with Crippen molar-refractivity contribution in [2.45, 2.75) is 38.7 Å². The predicted octanol–water partition coefficient (Wildman–Crippen LogP) is 5.87. The number of amides is 1. The zero-order chi connectivity index (χ0) is 25.1. The fourth-order valence-electron chi connectivity index (χ4n) is 4.37. The summed E-state index contributed by atoms with van der Waals surface area (Å²) in [4.78, 5) is 29.2. The average molecular weight is 495 g/mol. The van der Waals surface area contributed by atoms with E-state index in [0.717, 1.165) is 11.6 Å². The smallest absolute Gasteiger partial charge is 0.418 e. The van der Waals surface area contributed by atoms with Crippen LogP contribution in [0.25, 0.3) is 5.57 Å². The van der Waals surface area contributed by atoms with Gasteiger partial charge in [0.2, 0.25) is 0 Å². The van der Waals surface area contributed by atoms with E-state index in [9.17, 15) is 27.9 Å². The number of ether oxygens (including phenoxy) is 1. The number of ketones is 1. The minimum absolute atomic E-state index is 0.0619. The van der Waals surface area contributed by atoms with E-state index in [0.29, 0.717) is 11.6 Å². The molecule has 1 amide bonds. The highest BCUT2D eigenvalue weighted by molar-refractivity contribution is 6.29. The number of likely N-dealkylation sites (tertiary alicyclic amines) is 1. The highest BCUT2D eigenvalue weighted by Gasteiger charge is 2.56. The molecule has 2 aromatic rings. The van der Waals surface area contributed by atoms with Gasteiger partial charge in [0.05, 0.1) is 30.5 Å². The number of carboxylic acid groups (broad SMARTS) is 1. The van der Waals surface area contributed by atoms with Crippen LogP contribution < -0.4 is 0 Å². The number of carbonyl (C=O) groups is 2. The van der Waals surface area contributed by atoms with Gasteiger partial charge in [-0.3, -0.25) is 4.79 Å². The van der Waals surface area contributed by atoms with E-state index >= 15 is 0 Å². The lowest BCUT2D eigenvalue weighted by atomic mass is 9.80. The van der Waals surface area contributed by atoms with Crippen molar-refractivity contribution >= 4 is 29.1 Å². The number of hydrogen-bond acceptors (Lipinski definition) is 4. The first-order valence-electron chi connectivity index (χ1n) is 10.5. The molecule has 1 fully saturated rings. The molecule has 1 aromatic heterocycles. The molecular formula is C24H22ClF3N2O4. The van der Waals surface area contributed by atoms with Gasteiger partial charge in [-0.25, -0.2) is 9.78 Å². The predicted molar refractivity (Wildman–Crippen MR) is 119 cm³/mol. The van der Waals surface area contributed by atoms with Crippen molar-refractivity contribution in [3.8, 4) is 0 Å². The SMILES string of the molecule is CC(C)(C)C1OC2(CN(C(=O)O)C2)c2ccc(C(=O)/C=C(/c3cccc(Cl)n3)C(F)(F)F)cc21. The van der Waals surface area contributed by atoms with Crippen LogP contribution in [0.3, 0.4) is 0 Å². The maximum absolute atomic E-state index is 13.7. The van der Waals surface area contributed by atoms with E-state index in [2.05, 4.69) is 4.98 Å². The first-order valence-corrected chi connectivity index (χ1v) is 10.9. The topological polar surface area (TPSA) is 79.7 Å². The van der Waals surface area contributed by atoms with Gasteiger partial charge in [-0.1, -0.05) is 50.6 Å². The number of aromatic nitrogens is 1. The van der Waals surface area contributed by atoms with Gasteiger partial charge in [0, 0.05) is 11.6 Å². The van der Waals surface area contributed by atoms with Crippen molar-refractivity contribution in [2.24, 2.45) is 5.41 Å². The van der Waals surface area contributed by atoms with Crippen molar-refractivity contribution in [1.29, 1.82) is 0 Å². The van der Waals surface area contributed by atoms with Crippen LogP contribution in [0.2, 0.25) is 5.15 Å². The minimum Gasteiger partial charge on any atom is -0.465 e. The summed E-state index contributed by atoms with van der Waals surface area (Å²) < 4.78 is 47.5. The summed E-state index contributed by atoms with van der Waals surface area (Å²) in [7, 11) is 0. The molecule has 1 aromatic carbocycles. The summed E-state index contributed by atoms with van der Waals surface area (Å²) in [6.07, 6.45) is -5.82. The number of nitrogens with zero attached hydrogens (tertiary/aromatic N) is 2. The van der Waals surface area contributed by atoms with Crippen molar-refractivity contribution in [1.82, 2.24) is 9.88 Å². The van der Waals surface area contributed by atoms with Crippen LogP contribution in [0.5, 0.6) is 0 Å². The van der Waals surface area contributed by atoms with Crippen LogP contribution in [0.1, 0.15) is 54.1 Å². The molecule has 1 saturated heterocycles. The summed E-state index contributed by atoms with van der Waals surface area (Å²) in [6.45, 7) is 6.11. The molecule has 0 radical (unpaired) electrons. The maximum Gasteiger partial charge on any atom is 0.418 e. The van der Waals surface area contributed by atoms with Crippen LogP contribution in [-0.4, -0.2) is 46.1 Å². The molecule has 10 heteroatoms. The summed E-state index contributed by atoms with van der Waals surface area (Å²) in [5.74, 6) is -0.841. The number of alkyl halides is 3. The van der Waals surface area contributed by atoms with Crippen LogP contribution >= 0.6 is 11.6 Å². The number of fused-ring (bicyclic) bond motifs is 2. The Balaban J connectivity index is 1.74. The van der Waals surface area contributed by atoms with Crippen LogP contribution in [-0.2, 0) is 10.3 Å². The minimum atomic E-state index is -4.82. The molecule has 2 aliphatic rings. The van der Waals surface area contributed by atoms with E-state index in [1.807, 2.05) is 20.8 Å². The number of rotatable bonds is 3. The molecule has 1 atom stereocenters. The molecular weight excluding hydrogens is 473 g/mol. The molecule has 1 N–H and O–H groups in total. The van der Waals surface area contributed by atoms with Crippen LogP contribution in [0.15, 0.2) is 42.5 Å². The molecule has 1 spiro atoms. The lowest BCUT2D eigenvalue weighted by Crippen LogP contribution is -2.61. The van der Waals surface area contributed by atoms with Gasteiger partial charge in [-0.05, 0) is 34.7 Å². The van der Waals surface area contributed by atoms with Gasteiger partial charge in [0.25, 0.3) is 0 Å². The largest absolute Gasteiger partial charge is 0.465 e. The monoisotopic (exact) mass is 494 g/mol. The Labute approximate surface area is 199 Å². The molecule has 1 unspecified atom stereocenters. The van der Waals surface area contributed by atoms with Gasteiger partial charge < -0.3 is 14.7 Å². The van der Waals surface area contributed by atoms with Crippen molar-refractivity contribution in [3.63, 3.8) is 0 Å². The molecule has 0 saturated carbocycles. The second kappa shape index (κ2) is 8.09. The number of benzene rings is 1. The average Bonchev–Trinajstić information content (AvgIpc) is 3.05. The zero-order valence-electron chi connectivity index (χ0n) is 18.6. The van der Waals surface area contributed by atoms with Gasteiger partial charge in [0.15, 0.2) is 5.78 Å². The highest BCUT2D eigenvalue weighted by Crippen LogP contribution is 2.54. The number of allylic oxidation sites excluding steroid dienone is 2. The molecule has 180 valence electrons. The third-order valence-electron chi connectivity index (χ3n) is 5.97.